The van der Waals surface area contributed by atoms with E-state index in [1.807, 2.05) is 13.8 Å². The van der Waals surface area contributed by atoms with Crippen LogP contribution in [0, 0.1) is 0 Å². The van der Waals surface area contributed by atoms with Gasteiger partial charge in [0, 0.05) is 26.2 Å². The highest BCUT2D eigenvalue weighted by molar-refractivity contribution is 6.28. The smallest absolute Gasteiger partial charge is 0.231 e. The van der Waals surface area contributed by atoms with Crippen LogP contribution in [0.5, 0.6) is 0 Å². The number of rotatable bonds is 3. The Hall–Kier alpha value is -1.14. The fraction of sp³-hybridized carbons (Fsp3) is 0.727. The van der Waals surface area contributed by atoms with Gasteiger partial charge in [-0.15, -0.1) is 0 Å². The van der Waals surface area contributed by atoms with Crippen LogP contribution in [-0.4, -0.2) is 47.3 Å². The molecule has 0 amide bonds. The van der Waals surface area contributed by atoms with Crippen molar-refractivity contribution in [3.63, 3.8) is 0 Å². The molecule has 0 saturated carbocycles. The number of halogens is 1. The summed E-state index contributed by atoms with van der Waals surface area (Å²) in [6.07, 6.45) is 1.13. The van der Waals surface area contributed by atoms with Gasteiger partial charge in [-0.3, -0.25) is 0 Å². The third kappa shape index (κ3) is 3.43. The third-order valence-electron chi connectivity index (χ3n) is 2.67. The van der Waals surface area contributed by atoms with Crippen molar-refractivity contribution in [2.75, 3.05) is 36.5 Å². The molecule has 1 unspecified atom stereocenters. The van der Waals surface area contributed by atoms with Gasteiger partial charge < -0.3 is 15.0 Å². The molecule has 1 aromatic heterocycles. The van der Waals surface area contributed by atoms with Gasteiger partial charge >= 0.3 is 0 Å². The zero-order chi connectivity index (χ0) is 13.0. The van der Waals surface area contributed by atoms with E-state index in [-0.39, 0.29) is 11.4 Å². The summed E-state index contributed by atoms with van der Waals surface area (Å²) in [7, 11) is 0. The van der Waals surface area contributed by atoms with Gasteiger partial charge in [-0.25, -0.2) is 0 Å². The lowest BCUT2D eigenvalue weighted by Gasteiger charge is -2.22. The summed E-state index contributed by atoms with van der Waals surface area (Å²) in [5.41, 5.74) is 0. The number of hydrogen-bond acceptors (Lipinski definition) is 6. The molecule has 1 saturated heterocycles. The summed E-state index contributed by atoms with van der Waals surface area (Å²) in [6, 6.07) is 0. The molecule has 100 valence electrons. The van der Waals surface area contributed by atoms with Crippen LogP contribution < -0.4 is 10.2 Å². The first-order valence-electron chi connectivity index (χ1n) is 6.21. The molecule has 0 aromatic carbocycles. The minimum Gasteiger partial charge on any atom is -0.377 e. The first-order chi connectivity index (χ1) is 8.69. The summed E-state index contributed by atoms with van der Waals surface area (Å²) in [6.45, 7) is 7.20. The summed E-state index contributed by atoms with van der Waals surface area (Å²) in [4.78, 5) is 14.7. The Balaban J connectivity index is 2.19. The lowest BCUT2D eigenvalue weighted by Crippen LogP contribution is -2.32. The van der Waals surface area contributed by atoms with Gasteiger partial charge in [-0.1, -0.05) is 0 Å². The second-order valence-corrected chi connectivity index (χ2v) is 4.58. The molecule has 2 rings (SSSR count). The van der Waals surface area contributed by atoms with Crippen molar-refractivity contribution in [3.8, 4) is 0 Å². The highest BCUT2D eigenvalue weighted by atomic mass is 35.5. The van der Waals surface area contributed by atoms with Crippen LogP contribution in [-0.2, 0) is 4.74 Å². The Morgan fingerprint density at radius 3 is 3.06 bits per heavy atom. The second-order valence-electron chi connectivity index (χ2n) is 4.24. The predicted molar refractivity (Wildman–Crippen MR) is 71.2 cm³/mol. The van der Waals surface area contributed by atoms with Gasteiger partial charge in [-0.05, 0) is 31.9 Å². The minimum atomic E-state index is 0.172. The highest BCUT2D eigenvalue weighted by Crippen LogP contribution is 2.16. The van der Waals surface area contributed by atoms with E-state index >= 15 is 0 Å². The maximum Gasteiger partial charge on any atom is 0.231 e. The molecule has 0 bridgehead atoms. The lowest BCUT2D eigenvalue weighted by atomic mass is 10.3. The molecule has 1 aliphatic heterocycles. The standard InChI is InChI=1S/C11H18ClN5O/c1-3-13-10-14-9(12)15-11(16-10)17-5-4-6-18-8(2)7-17/h8H,3-7H2,1-2H3,(H,13,14,15,16). The summed E-state index contributed by atoms with van der Waals surface area (Å²) < 4.78 is 5.60. The summed E-state index contributed by atoms with van der Waals surface area (Å²) in [5.74, 6) is 1.13. The SMILES string of the molecule is CCNc1nc(Cl)nc(N2CCCOC(C)C2)n1. The topological polar surface area (TPSA) is 63.2 Å². The monoisotopic (exact) mass is 271 g/mol. The van der Waals surface area contributed by atoms with Crippen LogP contribution in [0.2, 0.25) is 5.28 Å². The number of nitrogens with one attached hydrogen (secondary N) is 1. The summed E-state index contributed by atoms with van der Waals surface area (Å²) in [5, 5.41) is 3.27. The molecular weight excluding hydrogens is 254 g/mol. The van der Waals surface area contributed by atoms with E-state index in [0.29, 0.717) is 11.9 Å². The Morgan fingerprint density at radius 1 is 1.44 bits per heavy atom. The molecule has 0 aliphatic carbocycles. The molecule has 0 radical (unpaired) electrons. The van der Waals surface area contributed by atoms with Crippen LogP contribution in [0.4, 0.5) is 11.9 Å². The van der Waals surface area contributed by atoms with Gasteiger partial charge in [0.1, 0.15) is 0 Å². The Kier molecular flexibility index (Phi) is 4.54. The molecule has 1 aliphatic rings. The number of ether oxygens (including phenoxy) is 1. The van der Waals surface area contributed by atoms with Gasteiger partial charge in [0.2, 0.25) is 17.2 Å². The van der Waals surface area contributed by atoms with Crippen LogP contribution in [0.25, 0.3) is 0 Å². The largest absolute Gasteiger partial charge is 0.377 e. The molecule has 6 nitrogen and oxygen atoms in total. The zero-order valence-electron chi connectivity index (χ0n) is 10.7. The normalized spacial score (nSPS) is 20.6. The van der Waals surface area contributed by atoms with Crippen LogP contribution in [0.3, 0.4) is 0 Å². The molecule has 1 fully saturated rings. The van der Waals surface area contributed by atoms with Crippen molar-refractivity contribution in [1.82, 2.24) is 15.0 Å². The van der Waals surface area contributed by atoms with Crippen molar-refractivity contribution in [1.29, 1.82) is 0 Å². The first-order valence-corrected chi connectivity index (χ1v) is 6.59. The van der Waals surface area contributed by atoms with E-state index < -0.39 is 0 Å². The van der Waals surface area contributed by atoms with Crippen molar-refractivity contribution in [2.45, 2.75) is 26.4 Å². The Morgan fingerprint density at radius 2 is 2.28 bits per heavy atom. The molecule has 0 spiro atoms. The fourth-order valence-corrected chi connectivity index (χ4v) is 2.05. The third-order valence-corrected chi connectivity index (χ3v) is 2.84. The van der Waals surface area contributed by atoms with E-state index in [2.05, 4.69) is 25.2 Å². The summed E-state index contributed by atoms with van der Waals surface area (Å²) >= 11 is 5.92. The van der Waals surface area contributed by atoms with E-state index in [0.717, 1.165) is 32.7 Å². The lowest BCUT2D eigenvalue weighted by molar-refractivity contribution is 0.0820. The zero-order valence-corrected chi connectivity index (χ0v) is 11.4. The van der Waals surface area contributed by atoms with Crippen molar-refractivity contribution in [2.24, 2.45) is 0 Å². The van der Waals surface area contributed by atoms with Gasteiger partial charge in [0.05, 0.1) is 6.10 Å². The number of nitrogens with zero attached hydrogens (tertiary/aromatic N) is 4. The maximum atomic E-state index is 5.92. The van der Waals surface area contributed by atoms with E-state index in [9.17, 15) is 0 Å². The van der Waals surface area contributed by atoms with Crippen LogP contribution in [0.15, 0.2) is 0 Å². The Labute approximate surface area is 112 Å². The number of aromatic nitrogens is 3. The molecule has 18 heavy (non-hydrogen) atoms. The van der Waals surface area contributed by atoms with Crippen LogP contribution >= 0.6 is 11.6 Å². The van der Waals surface area contributed by atoms with Gasteiger partial charge in [0.25, 0.3) is 0 Å². The number of anilines is 2. The van der Waals surface area contributed by atoms with Crippen LogP contribution in [0.1, 0.15) is 20.3 Å². The van der Waals surface area contributed by atoms with E-state index in [4.69, 9.17) is 16.3 Å². The minimum absolute atomic E-state index is 0.172. The molecule has 1 aromatic rings. The van der Waals surface area contributed by atoms with Gasteiger partial charge in [-0.2, -0.15) is 15.0 Å². The van der Waals surface area contributed by atoms with E-state index in [1.165, 1.54) is 0 Å². The fourth-order valence-electron chi connectivity index (χ4n) is 1.89. The molecule has 1 N–H and O–H groups in total. The second kappa shape index (κ2) is 6.15. The van der Waals surface area contributed by atoms with E-state index in [1.54, 1.807) is 0 Å². The van der Waals surface area contributed by atoms with Crippen molar-refractivity contribution >= 4 is 23.5 Å². The molecule has 7 heteroatoms. The average Bonchev–Trinajstić information content (AvgIpc) is 2.53. The quantitative estimate of drug-likeness (QED) is 0.900. The van der Waals surface area contributed by atoms with Gasteiger partial charge in [0.15, 0.2) is 0 Å². The average molecular weight is 272 g/mol. The number of hydrogen-bond donors (Lipinski definition) is 1. The maximum absolute atomic E-state index is 5.92. The first kappa shape index (κ1) is 13.3. The molecular formula is C11H18ClN5O. The molecule has 1 atom stereocenters. The van der Waals surface area contributed by atoms with Crippen molar-refractivity contribution < 1.29 is 4.74 Å². The Bertz CT molecular complexity index is 403. The van der Waals surface area contributed by atoms with Crippen molar-refractivity contribution in [3.05, 3.63) is 5.28 Å². The predicted octanol–water partition coefficient (Wildman–Crippen LogP) is 1.57. The molecule has 2 heterocycles. The highest BCUT2D eigenvalue weighted by Gasteiger charge is 2.18.